The van der Waals surface area contributed by atoms with E-state index in [-0.39, 0.29) is 18.0 Å². The summed E-state index contributed by atoms with van der Waals surface area (Å²) in [7, 11) is 1.39. The van der Waals surface area contributed by atoms with Gasteiger partial charge in [0.1, 0.15) is 11.9 Å². The lowest BCUT2D eigenvalue weighted by atomic mass is 9.81. The standard InChI is InChI=1S/C28H29F6NO3/c1-15-5-7-22(23-13-20(27(29,30)31)6-8-24(23)37-4)19(9-15)14-35-17(3)25(38-26(35)36)18-10-16(2)11-21(12-18)28(32,33)34/h6,8,10-13,15,17,25H,5,7,9,14H2,1-4H3/t15?,17-,25-/m0/s1. The Balaban J connectivity index is 1.70. The van der Waals surface area contributed by atoms with E-state index in [1.165, 1.54) is 18.1 Å². The fourth-order valence-corrected chi connectivity index (χ4v) is 5.32. The molecule has 0 radical (unpaired) electrons. The fourth-order valence-electron chi connectivity index (χ4n) is 5.32. The summed E-state index contributed by atoms with van der Waals surface area (Å²) in [6.07, 6.45) is -8.87. The lowest BCUT2D eigenvalue weighted by Crippen LogP contribution is -2.35. The number of carbonyl (C=O) groups is 1. The number of aryl methyl sites for hydroxylation is 1. The number of halogens is 6. The van der Waals surface area contributed by atoms with Gasteiger partial charge in [0.05, 0.1) is 24.3 Å². The smallest absolute Gasteiger partial charge is 0.416 e. The summed E-state index contributed by atoms with van der Waals surface area (Å²) in [4.78, 5) is 14.4. The number of cyclic esters (lactones) is 1. The van der Waals surface area contributed by atoms with Gasteiger partial charge in [0.15, 0.2) is 0 Å². The zero-order chi connectivity index (χ0) is 28.0. The van der Waals surface area contributed by atoms with Crippen LogP contribution in [-0.2, 0) is 17.1 Å². The van der Waals surface area contributed by atoms with Crippen LogP contribution in [0, 0.1) is 12.8 Å². The van der Waals surface area contributed by atoms with Gasteiger partial charge in [0, 0.05) is 12.1 Å². The van der Waals surface area contributed by atoms with E-state index in [1.807, 2.05) is 6.92 Å². The maximum Gasteiger partial charge on any atom is 0.416 e. The third kappa shape index (κ3) is 5.63. The predicted octanol–water partition coefficient (Wildman–Crippen LogP) is 8.20. The van der Waals surface area contributed by atoms with Gasteiger partial charge in [-0.05, 0) is 86.1 Å². The first kappa shape index (κ1) is 27.9. The van der Waals surface area contributed by atoms with Crippen molar-refractivity contribution in [2.24, 2.45) is 5.92 Å². The molecule has 0 spiro atoms. The van der Waals surface area contributed by atoms with E-state index >= 15 is 0 Å². The maximum atomic E-state index is 13.5. The molecule has 1 unspecified atom stereocenters. The molecule has 2 aliphatic rings. The Morgan fingerprint density at radius 3 is 2.32 bits per heavy atom. The van der Waals surface area contributed by atoms with Crippen molar-refractivity contribution >= 4 is 11.7 Å². The van der Waals surface area contributed by atoms with E-state index in [4.69, 9.17) is 9.47 Å². The largest absolute Gasteiger partial charge is 0.496 e. The van der Waals surface area contributed by atoms with Crippen molar-refractivity contribution in [3.05, 3.63) is 69.8 Å². The first-order valence-electron chi connectivity index (χ1n) is 12.3. The highest BCUT2D eigenvalue weighted by atomic mass is 19.4. The Hall–Kier alpha value is -3.17. The van der Waals surface area contributed by atoms with Crippen LogP contribution in [0.1, 0.15) is 67.0 Å². The van der Waals surface area contributed by atoms with Gasteiger partial charge >= 0.3 is 18.4 Å². The number of nitrogens with zero attached hydrogens (tertiary/aromatic N) is 1. The average Bonchev–Trinajstić information content (AvgIpc) is 3.10. The Morgan fingerprint density at radius 2 is 1.68 bits per heavy atom. The zero-order valence-electron chi connectivity index (χ0n) is 21.5. The summed E-state index contributed by atoms with van der Waals surface area (Å²) in [6.45, 7) is 5.36. The molecular formula is C28H29F6NO3. The average molecular weight is 542 g/mol. The lowest BCUT2D eigenvalue weighted by Gasteiger charge is -2.30. The molecule has 2 aromatic rings. The highest BCUT2D eigenvalue weighted by molar-refractivity contribution is 5.77. The Labute approximate surface area is 217 Å². The summed E-state index contributed by atoms with van der Waals surface area (Å²) in [6, 6.07) is 6.32. The van der Waals surface area contributed by atoms with Crippen LogP contribution in [0.4, 0.5) is 31.1 Å². The van der Waals surface area contributed by atoms with E-state index in [0.717, 1.165) is 36.3 Å². The number of hydrogen-bond donors (Lipinski definition) is 0. The number of ether oxygens (including phenoxy) is 2. The summed E-state index contributed by atoms with van der Waals surface area (Å²) in [5.74, 6) is 0.538. The molecule has 1 aliphatic heterocycles. The van der Waals surface area contributed by atoms with Crippen molar-refractivity contribution in [1.29, 1.82) is 0 Å². The molecule has 3 atom stereocenters. The quantitative estimate of drug-likeness (QED) is 0.358. The second-order valence-corrected chi connectivity index (χ2v) is 10.1. The zero-order valence-corrected chi connectivity index (χ0v) is 21.5. The summed E-state index contributed by atoms with van der Waals surface area (Å²) in [5, 5.41) is 0. The Morgan fingerprint density at radius 1 is 1.00 bits per heavy atom. The van der Waals surface area contributed by atoms with Gasteiger partial charge in [-0.15, -0.1) is 0 Å². The number of rotatable bonds is 5. The highest BCUT2D eigenvalue weighted by Crippen LogP contribution is 2.43. The van der Waals surface area contributed by atoms with E-state index in [2.05, 4.69) is 0 Å². The van der Waals surface area contributed by atoms with Gasteiger partial charge in [-0.1, -0.05) is 18.6 Å². The number of hydrogen-bond acceptors (Lipinski definition) is 3. The molecule has 38 heavy (non-hydrogen) atoms. The minimum absolute atomic E-state index is 0.0908. The van der Waals surface area contributed by atoms with Gasteiger partial charge in [-0.25, -0.2) is 4.79 Å². The lowest BCUT2D eigenvalue weighted by molar-refractivity contribution is -0.138. The molecule has 1 heterocycles. The van der Waals surface area contributed by atoms with E-state index in [9.17, 15) is 31.1 Å². The Kier molecular flexibility index (Phi) is 7.47. The highest BCUT2D eigenvalue weighted by Gasteiger charge is 2.42. The van der Waals surface area contributed by atoms with Crippen LogP contribution in [0.25, 0.3) is 5.57 Å². The SMILES string of the molecule is COc1ccc(C(F)(F)F)cc1C1=C(CN2C(=O)O[C@H](c3cc(C)cc(C(F)(F)F)c3)[C@@H]2C)CC(C)CC1. The molecule has 0 N–H and O–H groups in total. The summed E-state index contributed by atoms with van der Waals surface area (Å²) < 4.78 is 91.6. The minimum atomic E-state index is -4.55. The molecule has 10 heteroatoms. The summed E-state index contributed by atoms with van der Waals surface area (Å²) in [5.41, 5.74) is 0.806. The van der Waals surface area contributed by atoms with Crippen LogP contribution < -0.4 is 4.74 Å². The van der Waals surface area contributed by atoms with Gasteiger partial charge in [-0.2, -0.15) is 26.3 Å². The van der Waals surface area contributed by atoms with E-state index < -0.39 is 41.7 Å². The molecule has 1 saturated heterocycles. The number of benzene rings is 2. The van der Waals surface area contributed by atoms with Crippen molar-refractivity contribution in [3.63, 3.8) is 0 Å². The second kappa shape index (κ2) is 10.2. The molecule has 2 aromatic carbocycles. The molecule has 0 bridgehead atoms. The van der Waals surface area contributed by atoms with Crippen LogP contribution in [0.3, 0.4) is 0 Å². The molecule has 4 rings (SSSR count). The van der Waals surface area contributed by atoms with Gasteiger partial charge in [0.2, 0.25) is 0 Å². The molecule has 1 amide bonds. The van der Waals surface area contributed by atoms with Crippen molar-refractivity contribution in [3.8, 4) is 5.75 Å². The third-order valence-electron chi connectivity index (χ3n) is 7.27. The molecule has 0 saturated carbocycles. The van der Waals surface area contributed by atoms with Crippen LogP contribution in [-0.4, -0.2) is 30.7 Å². The number of allylic oxidation sites excluding steroid dienone is 1. The fraction of sp³-hybridized carbons (Fsp3) is 0.464. The first-order chi connectivity index (χ1) is 17.7. The van der Waals surface area contributed by atoms with E-state index in [0.29, 0.717) is 35.3 Å². The number of methoxy groups -OCH3 is 1. The van der Waals surface area contributed by atoms with Gasteiger partial charge in [-0.3, -0.25) is 4.90 Å². The van der Waals surface area contributed by atoms with Crippen molar-refractivity contribution < 1.29 is 40.6 Å². The normalized spacial score (nSPS) is 22.6. The molecule has 1 fully saturated rings. The van der Waals surface area contributed by atoms with Crippen LogP contribution >= 0.6 is 0 Å². The molecule has 206 valence electrons. The van der Waals surface area contributed by atoms with Crippen LogP contribution in [0.2, 0.25) is 0 Å². The van der Waals surface area contributed by atoms with Crippen LogP contribution in [0.15, 0.2) is 42.0 Å². The minimum Gasteiger partial charge on any atom is -0.496 e. The van der Waals surface area contributed by atoms with Crippen molar-refractivity contribution in [1.82, 2.24) is 4.90 Å². The number of alkyl halides is 6. The third-order valence-corrected chi connectivity index (χ3v) is 7.27. The number of carbonyl (C=O) groups excluding carboxylic acids is 1. The predicted molar refractivity (Wildman–Crippen MR) is 130 cm³/mol. The molecular weight excluding hydrogens is 512 g/mol. The monoisotopic (exact) mass is 541 g/mol. The van der Waals surface area contributed by atoms with Crippen molar-refractivity contribution in [2.75, 3.05) is 13.7 Å². The van der Waals surface area contributed by atoms with Crippen LogP contribution in [0.5, 0.6) is 5.75 Å². The summed E-state index contributed by atoms with van der Waals surface area (Å²) >= 11 is 0. The topological polar surface area (TPSA) is 38.8 Å². The Bertz CT molecular complexity index is 1250. The molecule has 1 aliphatic carbocycles. The van der Waals surface area contributed by atoms with Crippen molar-refractivity contribution in [2.45, 2.75) is 64.5 Å². The first-order valence-corrected chi connectivity index (χ1v) is 12.3. The molecule has 4 nitrogen and oxygen atoms in total. The second-order valence-electron chi connectivity index (χ2n) is 10.1. The maximum absolute atomic E-state index is 13.5. The molecule has 0 aromatic heterocycles. The van der Waals surface area contributed by atoms with Gasteiger partial charge < -0.3 is 9.47 Å². The van der Waals surface area contributed by atoms with Gasteiger partial charge in [0.25, 0.3) is 0 Å². The van der Waals surface area contributed by atoms with E-state index in [1.54, 1.807) is 19.9 Å². The number of amides is 1.